The molecule has 2 atom stereocenters. The van der Waals surface area contributed by atoms with Gasteiger partial charge in [-0.15, -0.1) is 0 Å². The lowest BCUT2D eigenvalue weighted by Crippen LogP contribution is -2.45. The van der Waals surface area contributed by atoms with Gasteiger partial charge in [0.05, 0.1) is 19.0 Å². The van der Waals surface area contributed by atoms with Gasteiger partial charge in [-0.3, -0.25) is 15.2 Å². The van der Waals surface area contributed by atoms with Crippen LogP contribution in [0.1, 0.15) is 26.2 Å². The number of nitrogens with zero attached hydrogens (tertiary/aromatic N) is 2. The first kappa shape index (κ1) is 13.8. The van der Waals surface area contributed by atoms with E-state index in [2.05, 4.69) is 16.7 Å². The minimum Gasteiger partial charge on any atom is -0.388 e. The summed E-state index contributed by atoms with van der Waals surface area (Å²) < 4.78 is 5.41. The van der Waals surface area contributed by atoms with Gasteiger partial charge in [0.15, 0.2) is 0 Å². The van der Waals surface area contributed by atoms with E-state index in [9.17, 15) is 0 Å². The first-order valence-electron chi connectivity index (χ1n) is 7.09. The summed E-state index contributed by atoms with van der Waals surface area (Å²) in [5.74, 6) is 0.316. The van der Waals surface area contributed by atoms with Crippen molar-refractivity contribution in [3.63, 3.8) is 0 Å². The molecule has 0 aromatic carbocycles. The van der Waals surface area contributed by atoms with Crippen LogP contribution in [0.5, 0.6) is 0 Å². The molecule has 0 aromatic rings. The lowest BCUT2D eigenvalue weighted by molar-refractivity contribution is 0.0176. The van der Waals surface area contributed by atoms with Crippen molar-refractivity contribution in [1.82, 2.24) is 9.80 Å². The number of hydrogen-bond donors (Lipinski definition) is 2. The van der Waals surface area contributed by atoms with E-state index in [0.717, 1.165) is 45.8 Å². The number of ether oxygens (including phenoxy) is 1. The minimum absolute atomic E-state index is 0.316. The molecule has 2 fully saturated rings. The highest BCUT2D eigenvalue weighted by Crippen LogP contribution is 2.21. The molecule has 2 aliphatic rings. The first-order valence-corrected chi connectivity index (χ1v) is 7.09. The number of morpholine rings is 1. The van der Waals surface area contributed by atoms with E-state index in [1.807, 2.05) is 0 Å². The first-order chi connectivity index (χ1) is 8.70. The Kier molecular flexibility index (Phi) is 4.97. The minimum atomic E-state index is 0.316. The van der Waals surface area contributed by atoms with Gasteiger partial charge in [0, 0.05) is 44.7 Å². The lowest BCUT2D eigenvalue weighted by atomic mass is 10.1. The fourth-order valence-corrected chi connectivity index (χ4v) is 3.13. The van der Waals surface area contributed by atoms with Crippen molar-refractivity contribution in [2.75, 3.05) is 39.4 Å². The SMILES string of the molecule is CCC(CC(=N)N)N1CCC(N2CCOCC2)C1. The Morgan fingerprint density at radius 2 is 2.11 bits per heavy atom. The zero-order valence-electron chi connectivity index (χ0n) is 11.4. The monoisotopic (exact) mass is 254 g/mol. The predicted octanol–water partition coefficient (Wildman–Crippen LogP) is 0.498. The molecular formula is C13H26N4O. The molecule has 0 bridgehead atoms. The highest BCUT2D eigenvalue weighted by Gasteiger charge is 2.31. The van der Waals surface area contributed by atoms with Crippen LogP contribution in [-0.4, -0.2) is 67.1 Å². The fourth-order valence-electron chi connectivity index (χ4n) is 3.13. The summed E-state index contributed by atoms with van der Waals surface area (Å²) in [6, 6.07) is 1.13. The zero-order chi connectivity index (χ0) is 13.0. The second-order valence-corrected chi connectivity index (χ2v) is 5.38. The molecule has 18 heavy (non-hydrogen) atoms. The standard InChI is InChI=1S/C13H26N4O/c1-2-11(9-13(14)15)17-4-3-12(10-17)16-5-7-18-8-6-16/h11-12H,2-10H2,1H3,(H3,14,15). The van der Waals surface area contributed by atoms with E-state index in [4.69, 9.17) is 15.9 Å². The van der Waals surface area contributed by atoms with Crippen LogP contribution in [0, 0.1) is 5.41 Å². The highest BCUT2D eigenvalue weighted by molar-refractivity contribution is 5.77. The van der Waals surface area contributed by atoms with Gasteiger partial charge < -0.3 is 10.5 Å². The molecular weight excluding hydrogens is 228 g/mol. The maximum atomic E-state index is 7.46. The Balaban J connectivity index is 1.84. The number of likely N-dealkylation sites (tertiary alicyclic amines) is 1. The lowest BCUT2D eigenvalue weighted by Gasteiger charge is -2.33. The number of rotatable bonds is 5. The Morgan fingerprint density at radius 3 is 2.72 bits per heavy atom. The van der Waals surface area contributed by atoms with Crippen molar-refractivity contribution in [2.24, 2.45) is 5.73 Å². The Morgan fingerprint density at radius 1 is 1.39 bits per heavy atom. The van der Waals surface area contributed by atoms with Crippen molar-refractivity contribution in [2.45, 2.75) is 38.3 Å². The van der Waals surface area contributed by atoms with Gasteiger partial charge in [-0.2, -0.15) is 0 Å². The van der Waals surface area contributed by atoms with Crippen LogP contribution in [0.4, 0.5) is 0 Å². The van der Waals surface area contributed by atoms with Gasteiger partial charge in [-0.1, -0.05) is 6.92 Å². The van der Waals surface area contributed by atoms with E-state index in [0.29, 0.717) is 24.3 Å². The van der Waals surface area contributed by atoms with Gasteiger partial charge in [-0.05, 0) is 12.8 Å². The molecule has 2 saturated heterocycles. The zero-order valence-corrected chi connectivity index (χ0v) is 11.4. The van der Waals surface area contributed by atoms with E-state index >= 15 is 0 Å². The largest absolute Gasteiger partial charge is 0.388 e. The van der Waals surface area contributed by atoms with Crippen molar-refractivity contribution < 1.29 is 4.74 Å². The van der Waals surface area contributed by atoms with Crippen molar-refractivity contribution in [3.8, 4) is 0 Å². The Labute approximate surface area is 110 Å². The molecule has 104 valence electrons. The second-order valence-electron chi connectivity index (χ2n) is 5.38. The summed E-state index contributed by atoms with van der Waals surface area (Å²) in [5.41, 5.74) is 5.54. The molecule has 3 N–H and O–H groups in total. The highest BCUT2D eigenvalue weighted by atomic mass is 16.5. The van der Waals surface area contributed by atoms with Crippen molar-refractivity contribution >= 4 is 5.84 Å². The number of amidine groups is 1. The van der Waals surface area contributed by atoms with Crippen LogP contribution in [0.2, 0.25) is 0 Å². The van der Waals surface area contributed by atoms with Gasteiger partial charge in [0.2, 0.25) is 0 Å². The van der Waals surface area contributed by atoms with E-state index < -0.39 is 0 Å². The van der Waals surface area contributed by atoms with Crippen molar-refractivity contribution in [1.29, 1.82) is 5.41 Å². The predicted molar refractivity (Wildman–Crippen MR) is 73.0 cm³/mol. The van der Waals surface area contributed by atoms with Crippen LogP contribution in [0.15, 0.2) is 0 Å². The average Bonchev–Trinajstić information content (AvgIpc) is 2.86. The van der Waals surface area contributed by atoms with Gasteiger partial charge >= 0.3 is 0 Å². The Hall–Kier alpha value is -0.650. The molecule has 0 aliphatic carbocycles. The molecule has 2 aliphatic heterocycles. The van der Waals surface area contributed by atoms with Crippen LogP contribution >= 0.6 is 0 Å². The maximum Gasteiger partial charge on any atom is 0.0921 e. The smallest absolute Gasteiger partial charge is 0.0921 e. The van der Waals surface area contributed by atoms with E-state index in [1.165, 1.54) is 6.42 Å². The third kappa shape index (κ3) is 3.43. The molecule has 0 aromatic heterocycles. The van der Waals surface area contributed by atoms with Gasteiger partial charge in [-0.25, -0.2) is 0 Å². The molecule has 0 spiro atoms. The fraction of sp³-hybridized carbons (Fsp3) is 0.923. The molecule has 2 rings (SSSR count). The quantitative estimate of drug-likeness (QED) is 0.554. The summed E-state index contributed by atoms with van der Waals surface area (Å²) in [6.45, 7) is 8.36. The second kappa shape index (κ2) is 6.50. The molecule has 2 heterocycles. The normalized spacial score (nSPS) is 28.4. The van der Waals surface area contributed by atoms with Crippen molar-refractivity contribution in [3.05, 3.63) is 0 Å². The summed E-state index contributed by atoms with van der Waals surface area (Å²) in [5, 5.41) is 7.46. The van der Waals surface area contributed by atoms with Crippen LogP contribution in [-0.2, 0) is 4.74 Å². The summed E-state index contributed by atoms with van der Waals surface area (Å²) in [4.78, 5) is 5.07. The Bertz CT molecular complexity index is 278. The van der Waals surface area contributed by atoms with E-state index in [-0.39, 0.29) is 0 Å². The average molecular weight is 254 g/mol. The molecule has 0 radical (unpaired) electrons. The van der Waals surface area contributed by atoms with Crippen LogP contribution in [0.25, 0.3) is 0 Å². The summed E-state index contributed by atoms with van der Waals surface area (Å²) >= 11 is 0. The maximum absolute atomic E-state index is 7.46. The van der Waals surface area contributed by atoms with Gasteiger partial charge in [0.25, 0.3) is 0 Å². The van der Waals surface area contributed by atoms with Gasteiger partial charge in [0.1, 0.15) is 0 Å². The molecule has 0 amide bonds. The topological polar surface area (TPSA) is 65.6 Å². The molecule has 5 heteroatoms. The molecule has 2 unspecified atom stereocenters. The van der Waals surface area contributed by atoms with Crippen LogP contribution in [0.3, 0.4) is 0 Å². The number of hydrogen-bond acceptors (Lipinski definition) is 4. The summed E-state index contributed by atoms with van der Waals surface area (Å²) in [6.07, 6.45) is 3.04. The third-order valence-electron chi connectivity index (χ3n) is 4.20. The number of nitrogens with one attached hydrogen (secondary N) is 1. The molecule has 0 saturated carbocycles. The summed E-state index contributed by atoms with van der Waals surface area (Å²) in [7, 11) is 0. The van der Waals surface area contributed by atoms with Crippen LogP contribution < -0.4 is 5.73 Å². The van der Waals surface area contributed by atoms with E-state index in [1.54, 1.807) is 0 Å². The number of nitrogens with two attached hydrogens (primary N) is 1. The third-order valence-corrected chi connectivity index (χ3v) is 4.20. The molecule has 5 nitrogen and oxygen atoms in total.